The molecule has 1 aromatic carbocycles. The van der Waals surface area contributed by atoms with Crippen LogP contribution < -0.4 is 15.1 Å². The first kappa shape index (κ1) is 20.9. The summed E-state index contributed by atoms with van der Waals surface area (Å²) in [6, 6.07) is 8.44. The second-order valence-electron chi connectivity index (χ2n) is 7.48. The number of aromatic nitrogens is 2. The number of amides is 1. The smallest absolute Gasteiger partial charge is 0.229 e. The lowest BCUT2D eigenvalue weighted by Gasteiger charge is -2.35. The van der Waals surface area contributed by atoms with Crippen molar-refractivity contribution in [3.05, 3.63) is 35.5 Å². The Bertz CT molecular complexity index is 856. The van der Waals surface area contributed by atoms with E-state index >= 15 is 0 Å². The van der Waals surface area contributed by atoms with E-state index < -0.39 is 0 Å². The maximum Gasteiger partial charge on any atom is 0.229 e. The predicted molar refractivity (Wildman–Crippen MR) is 119 cm³/mol. The number of anilines is 4. The van der Waals surface area contributed by atoms with Crippen LogP contribution in [0.3, 0.4) is 0 Å². The molecule has 0 spiro atoms. The topological polar surface area (TPSA) is 64.6 Å². The Hall–Kier alpha value is -2.83. The van der Waals surface area contributed by atoms with Crippen LogP contribution in [0.2, 0.25) is 0 Å². The zero-order chi connectivity index (χ0) is 21.0. The van der Waals surface area contributed by atoms with Crippen molar-refractivity contribution in [1.29, 1.82) is 0 Å². The van der Waals surface area contributed by atoms with E-state index in [1.54, 1.807) is 6.92 Å². The Labute approximate surface area is 173 Å². The first-order chi connectivity index (χ1) is 13.9. The molecule has 0 atom stereocenters. The molecule has 1 fully saturated rings. The van der Waals surface area contributed by atoms with E-state index in [2.05, 4.69) is 59.1 Å². The van der Waals surface area contributed by atoms with Crippen LogP contribution in [0.1, 0.15) is 32.0 Å². The van der Waals surface area contributed by atoms with Crippen molar-refractivity contribution in [3.63, 3.8) is 0 Å². The highest BCUT2D eigenvalue weighted by molar-refractivity contribution is 5.73. The number of benzene rings is 1. The third-order valence-electron chi connectivity index (χ3n) is 5.47. The normalized spacial score (nSPS) is 14.1. The number of hydrogen-bond acceptors (Lipinski definition) is 6. The lowest BCUT2D eigenvalue weighted by molar-refractivity contribution is -0.129. The van der Waals surface area contributed by atoms with E-state index in [-0.39, 0.29) is 5.91 Å². The fraction of sp³-hybridized carbons (Fsp3) is 0.500. The van der Waals surface area contributed by atoms with Gasteiger partial charge in [-0.25, -0.2) is 4.98 Å². The number of nitrogens with zero attached hydrogens (tertiary/aromatic N) is 5. The third-order valence-corrected chi connectivity index (χ3v) is 5.47. The zero-order valence-corrected chi connectivity index (χ0v) is 18.2. The van der Waals surface area contributed by atoms with Crippen molar-refractivity contribution in [3.8, 4) is 0 Å². The summed E-state index contributed by atoms with van der Waals surface area (Å²) in [5.74, 6) is 1.64. The van der Waals surface area contributed by atoms with Gasteiger partial charge >= 0.3 is 0 Å². The van der Waals surface area contributed by atoms with Crippen LogP contribution in [0, 0.1) is 13.8 Å². The quantitative estimate of drug-likeness (QED) is 0.808. The molecule has 1 aliphatic rings. The SMILES string of the molecule is CCN(CC)c1ccc(Nc2nc(C)cc(N3CCN(C(C)=O)CC3)n2)c(C)c1. The fourth-order valence-corrected chi connectivity index (χ4v) is 3.71. The van der Waals surface area contributed by atoms with Gasteiger partial charge in [-0.05, 0) is 51.5 Å². The average molecular weight is 397 g/mol. The van der Waals surface area contributed by atoms with Crippen LogP contribution in [0.4, 0.5) is 23.1 Å². The van der Waals surface area contributed by atoms with Crippen molar-refractivity contribution in [1.82, 2.24) is 14.9 Å². The molecule has 7 nitrogen and oxygen atoms in total. The van der Waals surface area contributed by atoms with Gasteiger partial charge in [-0.2, -0.15) is 4.98 Å². The average Bonchev–Trinajstić information content (AvgIpc) is 2.70. The van der Waals surface area contributed by atoms with Crippen molar-refractivity contribution in [2.75, 3.05) is 54.4 Å². The van der Waals surface area contributed by atoms with Gasteiger partial charge in [-0.3, -0.25) is 4.79 Å². The second kappa shape index (κ2) is 9.11. The van der Waals surface area contributed by atoms with Crippen LogP contribution in [-0.4, -0.2) is 60.0 Å². The molecule has 0 unspecified atom stereocenters. The summed E-state index contributed by atoms with van der Waals surface area (Å²) in [6.07, 6.45) is 0. The highest BCUT2D eigenvalue weighted by Gasteiger charge is 2.20. The molecule has 1 aliphatic heterocycles. The van der Waals surface area contributed by atoms with E-state index in [1.165, 1.54) is 5.69 Å². The van der Waals surface area contributed by atoms with Gasteiger partial charge in [-0.15, -0.1) is 0 Å². The lowest BCUT2D eigenvalue weighted by atomic mass is 10.1. The molecule has 1 N–H and O–H groups in total. The van der Waals surface area contributed by atoms with Crippen LogP contribution in [-0.2, 0) is 4.79 Å². The van der Waals surface area contributed by atoms with Gasteiger partial charge in [0.1, 0.15) is 5.82 Å². The molecule has 0 aliphatic carbocycles. The van der Waals surface area contributed by atoms with Gasteiger partial charge in [0.2, 0.25) is 11.9 Å². The molecular formula is C22H32N6O. The Morgan fingerprint density at radius 3 is 2.34 bits per heavy atom. The first-order valence-electron chi connectivity index (χ1n) is 10.4. The molecule has 2 heterocycles. The number of rotatable bonds is 6. The summed E-state index contributed by atoms with van der Waals surface area (Å²) >= 11 is 0. The van der Waals surface area contributed by atoms with Crippen LogP contribution in [0.25, 0.3) is 0 Å². The number of hydrogen-bond donors (Lipinski definition) is 1. The number of carbonyl (C=O) groups is 1. The highest BCUT2D eigenvalue weighted by atomic mass is 16.2. The number of piperazine rings is 1. The Morgan fingerprint density at radius 2 is 1.76 bits per heavy atom. The fourth-order valence-electron chi connectivity index (χ4n) is 3.71. The Kier molecular flexibility index (Phi) is 6.56. The van der Waals surface area contributed by atoms with Gasteiger partial charge < -0.3 is 20.0 Å². The molecule has 7 heteroatoms. The molecule has 1 aromatic heterocycles. The second-order valence-corrected chi connectivity index (χ2v) is 7.48. The highest BCUT2D eigenvalue weighted by Crippen LogP contribution is 2.26. The Balaban J connectivity index is 1.76. The van der Waals surface area contributed by atoms with Crippen LogP contribution in [0.15, 0.2) is 24.3 Å². The van der Waals surface area contributed by atoms with Crippen molar-refractivity contribution in [2.24, 2.45) is 0 Å². The van der Waals surface area contributed by atoms with Gasteiger partial charge in [-0.1, -0.05) is 0 Å². The van der Waals surface area contributed by atoms with Gasteiger partial charge in [0, 0.05) is 69.3 Å². The predicted octanol–water partition coefficient (Wildman–Crippen LogP) is 3.35. The monoisotopic (exact) mass is 396 g/mol. The molecule has 1 amide bonds. The van der Waals surface area contributed by atoms with E-state index in [1.807, 2.05) is 17.9 Å². The Morgan fingerprint density at radius 1 is 1.07 bits per heavy atom. The number of carbonyl (C=O) groups excluding carboxylic acids is 1. The molecule has 0 saturated carbocycles. The first-order valence-corrected chi connectivity index (χ1v) is 10.4. The van der Waals surface area contributed by atoms with E-state index in [4.69, 9.17) is 4.98 Å². The zero-order valence-electron chi connectivity index (χ0n) is 18.2. The maximum atomic E-state index is 11.6. The van der Waals surface area contributed by atoms with Gasteiger partial charge in [0.25, 0.3) is 0 Å². The summed E-state index contributed by atoms with van der Waals surface area (Å²) in [7, 11) is 0. The number of aryl methyl sites for hydroxylation is 2. The molecule has 156 valence electrons. The van der Waals surface area contributed by atoms with Gasteiger partial charge in [0.15, 0.2) is 0 Å². The number of nitrogens with one attached hydrogen (secondary N) is 1. The minimum absolute atomic E-state index is 0.134. The van der Waals surface area contributed by atoms with E-state index in [9.17, 15) is 4.79 Å². The molecular weight excluding hydrogens is 364 g/mol. The molecule has 1 saturated heterocycles. The van der Waals surface area contributed by atoms with E-state index in [0.29, 0.717) is 5.95 Å². The summed E-state index contributed by atoms with van der Waals surface area (Å²) in [5, 5.41) is 3.39. The van der Waals surface area contributed by atoms with Crippen molar-refractivity contribution in [2.45, 2.75) is 34.6 Å². The minimum Gasteiger partial charge on any atom is -0.372 e. The minimum atomic E-state index is 0.134. The molecule has 0 radical (unpaired) electrons. The van der Waals surface area contributed by atoms with E-state index in [0.717, 1.165) is 62.0 Å². The van der Waals surface area contributed by atoms with Crippen molar-refractivity contribution >= 4 is 29.0 Å². The van der Waals surface area contributed by atoms with Crippen LogP contribution >= 0.6 is 0 Å². The van der Waals surface area contributed by atoms with Crippen LogP contribution in [0.5, 0.6) is 0 Å². The molecule has 0 bridgehead atoms. The summed E-state index contributed by atoms with van der Waals surface area (Å²) in [5.41, 5.74) is 4.33. The third kappa shape index (κ3) is 4.96. The molecule has 3 rings (SSSR count). The summed E-state index contributed by atoms with van der Waals surface area (Å²) in [4.78, 5) is 27.3. The summed E-state index contributed by atoms with van der Waals surface area (Å²) < 4.78 is 0. The van der Waals surface area contributed by atoms with Gasteiger partial charge in [0.05, 0.1) is 0 Å². The lowest BCUT2D eigenvalue weighted by Crippen LogP contribution is -2.48. The maximum absolute atomic E-state index is 11.6. The molecule has 2 aromatic rings. The molecule has 29 heavy (non-hydrogen) atoms. The largest absolute Gasteiger partial charge is 0.372 e. The summed E-state index contributed by atoms with van der Waals surface area (Å²) in [6.45, 7) is 15.1. The van der Waals surface area contributed by atoms with Crippen molar-refractivity contribution < 1.29 is 4.79 Å². The standard InChI is InChI=1S/C22H32N6O/c1-6-26(7-2)19-8-9-20(16(3)14-19)24-22-23-17(4)15-21(25-22)28-12-10-27(11-13-28)18(5)29/h8-9,14-15H,6-7,10-13H2,1-5H3,(H,23,24,25).